The third-order valence-corrected chi connectivity index (χ3v) is 4.36. The highest BCUT2D eigenvalue weighted by Crippen LogP contribution is 2.26. The monoisotopic (exact) mass is 324 g/mol. The van der Waals surface area contributed by atoms with E-state index in [0.717, 1.165) is 24.0 Å². The van der Waals surface area contributed by atoms with Gasteiger partial charge in [-0.2, -0.15) is 0 Å². The molecule has 1 aliphatic carbocycles. The van der Waals surface area contributed by atoms with Crippen LogP contribution in [0.25, 0.3) is 0 Å². The molecule has 1 aromatic rings. The fourth-order valence-corrected chi connectivity index (χ4v) is 2.92. The van der Waals surface area contributed by atoms with Gasteiger partial charge in [0.15, 0.2) is 5.78 Å². The van der Waals surface area contributed by atoms with Crippen LogP contribution in [0.2, 0.25) is 0 Å². The van der Waals surface area contributed by atoms with E-state index in [4.69, 9.17) is 10.5 Å². The largest absolute Gasteiger partial charge is 0.381 e. The molecule has 5 nitrogen and oxygen atoms in total. The molecule has 0 spiro atoms. The molecule has 6 heteroatoms. The molecule has 0 unspecified atom stereocenters. The Morgan fingerprint density at radius 3 is 2.68 bits per heavy atom. The zero-order chi connectivity index (χ0) is 14.9. The molecule has 3 N–H and O–H groups in total. The smallest absolute Gasteiger partial charge is 0.244 e. The number of aryl methyl sites for hydroxylation is 1. The summed E-state index contributed by atoms with van der Waals surface area (Å²) in [7, 11) is 0. The van der Waals surface area contributed by atoms with Crippen molar-refractivity contribution in [1.29, 1.82) is 0 Å². The van der Waals surface area contributed by atoms with E-state index >= 15 is 0 Å². The summed E-state index contributed by atoms with van der Waals surface area (Å²) >= 11 is 0. The average Bonchev–Trinajstić information content (AvgIpc) is 2.49. The molecule has 22 heavy (non-hydrogen) atoms. The molecular weight excluding hydrogens is 304 g/mol. The molecule has 0 bridgehead atoms. The number of carbonyl (C=O) groups is 2. The van der Waals surface area contributed by atoms with Gasteiger partial charge >= 0.3 is 0 Å². The predicted molar refractivity (Wildman–Crippen MR) is 86.6 cm³/mol. The minimum Gasteiger partial charge on any atom is -0.381 e. The summed E-state index contributed by atoms with van der Waals surface area (Å²) in [5, 5.41) is 2.85. The lowest BCUT2D eigenvalue weighted by atomic mass is 9.89. The number of nitrogens with two attached hydrogens (primary N) is 1. The van der Waals surface area contributed by atoms with Crippen LogP contribution in [0.3, 0.4) is 0 Å². The van der Waals surface area contributed by atoms with Crippen LogP contribution >= 0.6 is 12.4 Å². The van der Waals surface area contributed by atoms with E-state index in [2.05, 4.69) is 5.32 Å². The second kappa shape index (κ2) is 6.77. The normalized spacial score (nSPS) is 19.8. The number of ether oxygens (including phenoxy) is 1. The molecule has 1 amide bonds. The molecule has 1 aliphatic heterocycles. The number of ketones is 1. The maximum Gasteiger partial charge on any atom is 0.244 e. The van der Waals surface area contributed by atoms with Crippen LogP contribution in [0.4, 0.5) is 5.69 Å². The van der Waals surface area contributed by atoms with Gasteiger partial charge < -0.3 is 15.8 Å². The Labute approximate surface area is 136 Å². The molecule has 0 aromatic heterocycles. The topological polar surface area (TPSA) is 81.4 Å². The van der Waals surface area contributed by atoms with Crippen molar-refractivity contribution in [3.63, 3.8) is 0 Å². The van der Waals surface area contributed by atoms with Crippen molar-refractivity contribution in [2.45, 2.75) is 37.6 Å². The highest BCUT2D eigenvalue weighted by atomic mass is 35.5. The summed E-state index contributed by atoms with van der Waals surface area (Å²) in [6, 6.07) is 5.55. The van der Waals surface area contributed by atoms with Gasteiger partial charge in [-0.05, 0) is 43.4 Å². The van der Waals surface area contributed by atoms with E-state index in [1.165, 1.54) is 0 Å². The van der Waals surface area contributed by atoms with Gasteiger partial charge in [-0.1, -0.05) is 6.07 Å². The molecule has 1 fully saturated rings. The van der Waals surface area contributed by atoms with Crippen LogP contribution in [0, 0.1) is 0 Å². The number of hydrogen-bond acceptors (Lipinski definition) is 4. The van der Waals surface area contributed by atoms with Crippen molar-refractivity contribution in [2.24, 2.45) is 5.73 Å². The number of hydrogen-bond donors (Lipinski definition) is 2. The zero-order valence-electron chi connectivity index (χ0n) is 12.4. The van der Waals surface area contributed by atoms with Crippen molar-refractivity contribution < 1.29 is 14.3 Å². The van der Waals surface area contributed by atoms with Gasteiger partial charge in [-0.15, -0.1) is 12.4 Å². The predicted octanol–water partition coefficient (Wildman–Crippen LogP) is 2.07. The lowest BCUT2D eigenvalue weighted by Crippen LogP contribution is -2.54. The molecule has 1 heterocycles. The molecule has 120 valence electrons. The average molecular weight is 325 g/mol. The molecule has 0 radical (unpaired) electrons. The van der Waals surface area contributed by atoms with Crippen LogP contribution in [0.5, 0.6) is 0 Å². The molecule has 1 aromatic carbocycles. The van der Waals surface area contributed by atoms with E-state index in [1.807, 2.05) is 12.1 Å². The zero-order valence-corrected chi connectivity index (χ0v) is 13.2. The number of fused-ring (bicyclic) bond motifs is 1. The number of amides is 1. The first-order chi connectivity index (χ1) is 10.1. The Morgan fingerprint density at radius 2 is 1.95 bits per heavy atom. The van der Waals surface area contributed by atoms with Gasteiger partial charge in [0.2, 0.25) is 5.91 Å². The van der Waals surface area contributed by atoms with Crippen molar-refractivity contribution in [2.75, 3.05) is 18.5 Å². The molecular formula is C16H21ClN2O3. The maximum absolute atomic E-state index is 12.4. The Balaban J connectivity index is 0.00000176. The summed E-state index contributed by atoms with van der Waals surface area (Å²) in [5.74, 6) is -0.0464. The summed E-state index contributed by atoms with van der Waals surface area (Å²) in [5.41, 5.74) is 7.72. The van der Waals surface area contributed by atoms with Gasteiger partial charge in [0.1, 0.15) is 5.54 Å². The number of benzene rings is 1. The minimum atomic E-state index is -0.877. The van der Waals surface area contributed by atoms with E-state index in [0.29, 0.717) is 38.2 Å². The molecule has 0 saturated carbocycles. The fraction of sp³-hybridized carbons (Fsp3) is 0.500. The Morgan fingerprint density at radius 1 is 1.23 bits per heavy atom. The summed E-state index contributed by atoms with van der Waals surface area (Å²) < 4.78 is 5.25. The number of carbonyl (C=O) groups excluding carboxylic acids is 2. The Bertz CT molecular complexity index is 583. The van der Waals surface area contributed by atoms with Crippen molar-refractivity contribution in [1.82, 2.24) is 0 Å². The number of anilines is 1. The summed E-state index contributed by atoms with van der Waals surface area (Å²) in [6.45, 7) is 1.01. The third kappa shape index (κ3) is 3.32. The highest BCUT2D eigenvalue weighted by molar-refractivity contribution is 6.02. The summed E-state index contributed by atoms with van der Waals surface area (Å²) in [4.78, 5) is 24.3. The van der Waals surface area contributed by atoms with Crippen LogP contribution < -0.4 is 11.1 Å². The number of Topliss-reactive ketones (excluding diaryl/α,β-unsaturated/α-hetero) is 1. The number of halogens is 1. The van der Waals surface area contributed by atoms with Gasteiger partial charge in [-0.3, -0.25) is 9.59 Å². The standard InChI is InChI=1S/C16H20N2O3.ClH/c17-16(6-8-21-9-7-16)15(20)18-12-5-4-11-2-1-3-14(19)13(11)10-12;/h4-5,10H,1-3,6-9,17H2,(H,18,20);1H. The van der Waals surface area contributed by atoms with Crippen molar-refractivity contribution in [3.05, 3.63) is 29.3 Å². The third-order valence-electron chi connectivity index (χ3n) is 4.36. The lowest BCUT2D eigenvalue weighted by molar-refractivity contribution is -0.124. The first kappa shape index (κ1) is 16.9. The van der Waals surface area contributed by atoms with Crippen LogP contribution in [-0.2, 0) is 16.0 Å². The van der Waals surface area contributed by atoms with Crippen LogP contribution in [0.1, 0.15) is 41.6 Å². The van der Waals surface area contributed by atoms with Crippen molar-refractivity contribution >= 4 is 29.8 Å². The van der Waals surface area contributed by atoms with Gasteiger partial charge in [0.25, 0.3) is 0 Å². The summed E-state index contributed by atoms with van der Waals surface area (Å²) in [6.07, 6.45) is 3.45. The number of nitrogens with one attached hydrogen (secondary N) is 1. The first-order valence-electron chi connectivity index (χ1n) is 7.43. The minimum absolute atomic E-state index is 0. The Hall–Kier alpha value is -1.43. The van der Waals surface area contributed by atoms with Crippen molar-refractivity contribution in [3.8, 4) is 0 Å². The fourth-order valence-electron chi connectivity index (χ4n) is 2.92. The van der Waals surface area contributed by atoms with E-state index in [1.54, 1.807) is 6.07 Å². The van der Waals surface area contributed by atoms with E-state index in [9.17, 15) is 9.59 Å². The van der Waals surface area contributed by atoms with Gasteiger partial charge in [0, 0.05) is 30.9 Å². The molecule has 2 aliphatic rings. The van der Waals surface area contributed by atoms with E-state index < -0.39 is 5.54 Å². The SMILES string of the molecule is Cl.NC1(C(=O)Nc2ccc3c(c2)C(=O)CCC3)CCOCC1. The van der Waals surface area contributed by atoms with E-state index in [-0.39, 0.29) is 24.1 Å². The van der Waals surface area contributed by atoms with Crippen LogP contribution in [-0.4, -0.2) is 30.4 Å². The quantitative estimate of drug-likeness (QED) is 0.872. The lowest BCUT2D eigenvalue weighted by Gasteiger charge is -2.31. The molecule has 0 atom stereocenters. The molecule has 1 saturated heterocycles. The van der Waals surface area contributed by atoms with Crippen LogP contribution in [0.15, 0.2) is 18.2 Å². The maximum atomic E-state index is 12.4. The number of rotatable bonds is 2. The highest BCUT2D eigenvalue weighted by Gasteiger charge is 2.36. The second-order valence-electron chi connectivity index (χ2n) is 5.87. The first-order valence-corrected chi connectivity index (χ1v) is 7.43. The second-order valence-corrected chi connectivity index (χ2v) is 5.87. The molecule has 3 rings (SSSR count). The van der Waals surface area contributed by atoms with Gasteiger partial charge in [0.05, 0.1) is 0 Å². The Kier molecular flexibility index (Phi) is 5.21. The van der Waals surface area contributed by atoms with Gasteiger partial charge in [-0.25, -0.2) is 0 Å².